The molecule has 21 heavy (non-hydrogen) atoms. The molecule has 0 aliphatic rings. The molecule has 1 heterocycles. The second-order valence-corrected chi connectivity index (χ2v) is 6.80. The van der Waals surface area contributed by atoms with Gasteiger partial charge in [0.2, 0.25) is 5.91 Å². The summed E-state index contributed by atoms with van der Waals surface area (Å²) in [7, 11) is 1.84. The maximum absolute atomic E-state index is 12.0. The van der Waals surface area contributed by atoms with Gasteiger partial charge in [-0.3, -0.25) is 9.69 Å². The Morgan fingerprint density at radius 1 is 1.52 bits per heavy atom. The van der Waals surface area contributed by atoms with Crippen molar-refractivity contribution in [3.8, 4) is 0 Å². The average Bonchev–Trinajstić information content (AvgIpc) is 2.70. The average molecular weight is 343 g/mol. The quantitative estimate of drug-likeness (QED) is 0.848. The lowest BCUT2D eigenvalue weighted by molar-refractivity contribution is -0.117. The molecule has 0 fully saturated rings. The first-order valence-corrected chi connectivity index (χ1v) is 7.83. The molecule has 8 heteroatoms. The molecule has 2 aromatic rings. The van der Waals surface area contributed by atoms with E-state index in [-0.39, 0.29) is 12.5 Å². The zero-order valence-electron chi connectivity index (χ0n) is 11.7. The number of hydrogen-bond acceptors (Lipinski definition) is 5. The van der Waals surface area contributed by atoms with E-state index in [1.807, 2.05) is 31.0 Å². The van der Waals surface area contributed by atoms with Crippen molar-refractivity contribution < 1.29 is 4.79 Å². The highest BCUT2D eigenvalue weighted by atomic mass is 35.5. The number of halogens is 1. The number of likely N-dealkylation sites (N-methyl/N-ethyl adjacent to an activating group) is 1. The third-order valence-electron chi connectivity index (χ3n) is 2.64. The van der Waals surface area contributed by atoms with Crippen LogP contribution in [0.1, 0.15) is 5.01 Å². The van der Waals surface area contributed by atoms with Crippen molar-refractivity contribution in [3.63, 3.8) is 0 Å². The van der Waals surface area contributed by atoms with Gasteiger partial charge in [0.1, 0.15) is 5.01 Å². The number of anilines is 1. The van der Waals surface area contributed by atoms with E-state index in [4.69, 9.17) is 23.8 Å². The van der Waals surface area contributed by atoms with Crippen LogP contribution in [-0.2, 0) is 11.5 Å². The van der Waals surface area contributed by atoms with E-state index in [1.54, 1.807) is 16.8 Å². The van der Waals surface area contributed by atoms with Crippen LogP contribution >= 0.6 is 35.2 Å². The van der Waals surface area contributed by atoms with Crippen molar-refractivity contribution in [2.45, 2.75) is 13.6 Å². The van der Waals surface area contributed by atoms with Crippen LogP contribution in [0.5, 0.6) is 0 Å². The number of benzene rings is 1. The van der Waals surface area contributed by atoms with Crippen molar-refractivity contribution in [1.29, 1.82) is 0 Å². The van der Waals surface area contributed by atoms with Crippen LogP contribution in [-0.4, -0.2) is 34.2 Å². The number of amides is 1. The van der Waals surface area contributed by atoms with Crippen molar-refractivity contribution in [2.24, 2.45) is 0 Å². The first-order chi connectivity index (χ1) is 9.95. The van der Waals surface area contributed by atoms with Crippen LogP contribution in [0.2, 0.25) is 5.02 Å². The maximum Gasteiger partial charge on any atom is 0.238 e. The zero-order valence-corrected chi connectivity index (χ0v) is 14.1. The third kappa shape index (κ3) is 4.60. The predicted molar refractivity (Wildman–Crippen MR) is 88.4 cm³/mol. The summed E-state index contributed by atoms with van der Waals surface area (Å²) in [5.74, 6) is -0.135. The number of carbonyl (C=O) groups is 1. The highest BCUT2D eigenvalue weighted by Crippen LogP contribution is 2.20. The van der Waals surface area contributed by atoms with E-state index in [0.29, 0.717) is 21.3 Å². The molecule has 5 nitrogen and oxygen atoms in total. The Morgan fingerprint density at radius 2 is 2.24 bits per heavy atom. The molecular formula is C13H15ClN4OS2. The van der Waals surface area contributed by atoms with Crippen molar-refractivity contribution in [2.75, 3.05) is 18.9 Å². The molecule has 0 aliphatic carbocycles. The van der Waals surface area contributed by atoms with Gasteiger partial charge in [-0.2, -0.15) is 5.10 Å². The van der Waals surface area contributed by atoms with E-state index in [0.717, 1.165) is 5.01 Å². The fraction of sp³-hybridized carbons (Fsp3) is 0.308. The summed E-state index contributed by atoms with van der Waals surface area (Å²) in [5.41, 5.74) is 0.610. The number of para-hydroxylation sites is 1. The Bertz CT molecular complexity index is 697. The van der Waals surface area contributed by atoms with Crippen LogP contribution in [0.3, 0.4) is 0 Å². The summed E-state index contributed by atoms with van der Waals surface area (Å²) in [4.78, 5) is 13.8. The monoisotopic (exact) mass is 342 g/mol. The molecule has 0 unspecified atom stereocenters. The molecule has 112 valence electrons. The summed E-state index contributed by atoms with van der Waals surface area (Å²) < 4.78 is 2.41. The Hall–Kier alpha value is -1.28. The fourth-order valence-corrected chi connectivity index (χ4v) is 3.02. The first-order valence-electron chi connectivity index (χ1n) is 6.23. The summed E-state index contributed by atoms with van der Waals surface area (Å²) in [6, 6.07) is 7.14. The SMILES string of the molecule is Cc1nn(CN(C)CC(=O)Nc2ccccc2Cl)c(=S)s1. The molecule has 1 aromatic carbocycles. The van der Waals surface area contributed by atoms with Gasteiger partial charge in [0, 0.05) is 0 Å². The minimum absolute atomic E-state index is 0.135. The van der Waals surface area contributed by atoms with Gasteiger partial charge in [0.05, 0.1) is 23.9 Å². The third-order valence-corrected chi connectivity index (χ3v) is 4.20. The van der Waals surface area contributed by atoms with Gasteiger partial charge in [-0.1, -0.05) is 35.1 Å². The lowest BCUT2D eigenvalue weighted by Crippen LogP contribution is -2.32. The van der Waals surface area contributed by atoms with E-state index >= 15 is 0 Å². The largest absolute Gasteiger partial charge is 0.324 e. The minimum atomic E-state index is -0.135. The van der Waals surface area contributed by atoms with Gasteiger partial charge in [0.15, 0.2) is 3.95 Å². The predicted octanol–water partition coefficient (Wildman–Crippen LogP) is 3.16. The van der Waals surface area contributed by atoms with Gasteiger partial charge in [-0.25, -0.2) is 4.68 Å². The highest BCUT2D eigenvalue weighted by molar-refractivity contribution is 7.73. The minimum Gasteiger partial charge on any atom is -0.324 e. The fourth-order valence-electron chi connectivity index (χ4n) is 1.78. The molecule has 2 rings (SSSR count). The van der Waals surface area contributed by atoms with Gasteiger partial charge in [-0.05, 0) is 38.3 Å². The highest BCUT2D eigenvalue weighted by Gasteiger charge is 2.10. The Balaban J connectivity index is 1.92. The molecule has 1 N–H and O–H groups in total. The molecule has 1 amide bonds. The van der Waals surface area contributed by atoms with Gasteiger partial charge in [-0.15, -0.1) is 0 Å². The second kappa shape index (κ2) is 7.13. The second-order valence-electron chi connectivity index (χ2n) is 4.57. The summed E-state index contributed by atoms with van der Waals surface area (Å²) in [5, 5.41) is 8.50. The van der Waals surface area contributed by atoms with Crippen LogP contribution < -0.4 is 5.32 Å². The van der Waals surface area contributed by atoms with E-state index < -0.39 is 0 Å². The lowest BCUT2D eigenvalue weighted by Gasteiger charge is -2.16. The Kier molecular flexibility index (Phi) is 5.46. The summed E-state index contributed by atoms with van der Waals surface area (Å²) in [6.45, 7) is 2.60. The van der Waals surface area contributed by atoms with Gasteiger partial charge < -0.3 is 5.32 Å². The molecule has 0 saturated heterocycles. The molecule has 0 spiro atoms. The summed E-state index contributed by atoms with van der Waals surface area (Å²) >= 11 is 12.7. The van der Waals surface area contributed by atoms with E-state index in [2.05, 4.69) is 10.4 Å². The van der Waals surface area contributed by atoms with Crippen molar-refractivity contribution >= 4 is 46.8 Å². The standard InChI is InChI=1S/C13H15ClN4OS2/c1-9-16-18(13(20)21-9)8-17(2)7-12(19)15-11-6-4-3-5-10(11)14/h3-6H,7-8H2,1-2H3,(H,15,19). The van der Waals surface area contributed by atoms with Crippen molar-refractivity contribution in [1.82, 2.24) is 14.7 Å². The van der Waals surface area contributed by atoms with Crippen molar-refractivity contribution in [3.05, 3.63) is 38.3 Å². The van der Waals surface area contributed by atoms with Crippen LogP contribution in [0.15, 0.2) is 24.3 Å². The number of aromatic nitrogens is 2. The van der Waals surface area contributed by atoms with Gasteiger partial charge in [0.25, 0.3) is 0 Å². The molecular weight excluding hydrogens is 328 g/mol. The maximum atomic E-state index is 12.0. The number of nitrogens with one attached hydrogen (secondary N) is 1. The number of nitrogens with zero attached hydrogens (tertiary/aromatic N) is 3. The molecule has 1 aromatic heterocycles. The molecule has 0 aliphatic heterocycles. The first kappa shape index (κ1) is 16.1. The molecule has 0 atom stereocenters. The van der Waals surface area contributed by atoms with Gasteiger partial charge >= 0.3 is 0 Å². The van der Waals surface area contributed by atoms with E-state index in [9.17, 15) is 4.79 Å². The Morgan fingerprint density at radius 3 is 2.86 bits per heavy atom. The molecule has 0 radical (unpaired) electrons. The van der Waals surface area contributed by atoms with Crippen LogP contribution in [0.4, 0.5) is 5.69 Å². The molecule has 0 bridgehead atoms. The van der Waals surface area contributed by atoms with E-state index in [1.165, 1.54) is 11.3 Å². The number of hydrogen-bond donors (Lipinski definition) is 1. The number of rotatable bonds is 5. The zero-order chi connectivity index (χ0) is 15.4. The smallest absolute Gasteiger partial charge is 0.238 e. The van der Waals surface area contributed by atoms with Crippen LogP contribution in [0.25, 0.3) is 0 Å². The lowest BCUT2D eigenvalue weighted by atomic mass is 10.3. The topological polar surface area (TPSA) is 50.2 Å². The number of aryl methyl sites for hydroxylation is 1. The number of carbonyl (C=O) groups excluding carboxylic acids is 1. The summed E-state index contributed by atoms with van der Waals surface area (Å²) in [6.07, 6.45) is 0. The normalized spacial score (nSPS) is 10.9. The Labute approximate surface area is 137 Å². The van der Waals surface area contributed by atoms with Crippen LogP contribution in [0, 0.1) is 10.9 Å². The molecule has 0 saturated carbocycles.